The van der Waals surface area contributed by atoms with Crippen molar-refractivity contribution in [3.63, 3.8) is 0 Å². The summed E-state index contributed by atoms with van der Waals surface area (Å²) in [7, 11) is 1.66. The molecule has 1 aromatic carbocycles. The van der Waals surface area contributed by atoms with E-state index in [2.05, 4.69) is 28.4 Å². The van der Waals surface area contributed by atoms with Crippen molar-refractivity contribution >= 4 is 12.3 Å². The van der Waals surface area contributed by atoms with Crippen molar-refractivity contribution in [3.8, 4) is 5.75 Å². The fourth-order valence-electron chi connectivity index (χ4n) is 3.69. The predicted octanol–water partition coefficient (Wildman–Crippen LogP) is 7.28. The summed E-state index contributed by atoms with van der Waals surface area (Å²) in [5.41, 5.74) is -0.670. The molecule has 0 saturated heterocycles. The minimum Gasteiger partial charge on any atom is -0.493 e. The van der Waals surface area contributed by atoms with Crippen molar-refractivity contribution in [3.05, 3.63) is 64.2 Å². The molecule has 0 aliphatic heterocycles. The zero-order chi connectivity index (χ0) is 32.3. The molecular formula is C31H47F3N2O7. The number of benzene rings is 1. The zero-order valence-corrected chi connectivity index (χ0v) is 25.5. The second-order valence-corrected chi connectivity index (χ2v) is 9.74. The van der Waals surface area contributed by atoms with Gasteiger partial charge in [0.1, 0.15) is 18.1 Å². The number of carbonyl (C=O) groups excluding carboxylic acids is 2. The summed E-state index contributed by atoms with van der Waals surface area (Å²) in [6, 6.07) is 4.68. The second-order valence-electron chi connectivity index (χ2n) is 9.74. The first kappa shape index (κ1) is 39.6. The third-order valence-corrected chi connectivity index (χ3v) is 6.22. The van der Waals surface area contributed by atoms with Gasteiger partial charge in [-0.05, 0) is 90.0 Å². The van der Waals surface area contributed by atoms with E-state index >= 15 is 0 Å². The Labute approximate surface area is 252 Å². The third-order valence-electron chi connectivity index (χ3n) is 6.22. The average Bonchev–Trinajstić information content (AvgIpc) is 3.50. The molecule has 1 unspecified atom stereocenters. The molecule has 1 N–H and O–H groups in total. The molecule has 9 nitrogen and oxygen atoms in total. The van der Waals surface area contributed by atoms with Crippen molar-refractivity contribution in [1.82, 2.24) is 5.32 Å². The molecule has 0 radical (unpaired) electrons. The van der Waals surface area contributed by atoms with E-state index in [0.717, 1.165) is 37.7 Å². The van der Waals surface area contributed by atoms with Crippen LogP contribution in [0.1, 0.15) is 83.6 Å². The van der Waals surface area contributed by atoms with Crippen molar-refractivity contribution in [1.29, 1.82) is 0 Å². The maximum absolute atomic E-state index is 12.5. The summed E-state index contributed by atoms with van der Waals surface area (Å²) in [6.45, 7) is 4.38. The fraction of sp³-hybridized carbons (Fsp3) is 0.613. The van der Waals surface area contributed by atoms with E-state index < -0.39 is 16.8 Å². The Bertz CT molecular complexity index is 950. The van der Waals surface area contributed by atoms with Gasteiger partial charge in [-0.15, -0.1) is 10.1 Å². The summed E-state index contributed by atoms with van der Waals surface area (Å²) in [4.78, 5) is 34.7. The molecule has 0 heterocycles. The molecule has 0 aromatic heterocycles. The lowest BCUT2D eigenvalue weighted by atomic mass is 10.1. The SMILES string of the molecule is C/C=C\CCCC=O.CNC(C)C(=O)OCCCCO[N+](=O)[O-].FC(F)(F)c1cccc(OCC/C=C/C2CCCC2)c1. The smallest absolute Gasteiger partial charge is 0.416 e. The average molecular weight is 617 g/mol. The van der Waals surface area contributed by atoms with Gasteiger partial charge in [0.05, 0.1) is 25.4 Å². The Morgan fingerprint density at radius 2 is 1.79 bits per heavy atom. The normalized spacial score (nSPS) is 13.9. The number of esters is 1. The van der Waals surface area contributed by atoms with E-state index in [9.17, 15) is 32.9 Å². The molecule has 1 atom stereocenters. The van der Waals surface area contributed by atoms with Crippen LogP contribution in [0.2, 0.25) is 0 Å². The van der Waals surface area contributed by atoms with E-state index in [1.54, 1.807) is 20.0 Å². The van der Waals surface area contributed by atoms with Crippen molar-refractivity contribution in [2.75, 3.05) is 26.9 Å². The third kappa shape index (κ3) is 22.8. The van der Waals surface area contributed by atoms with Gasteiger partial charge >= 0.3 is 12.1 Å². The number of nitrogens with zero attached hydrogens (tertiary/aromatic N) is 1. The quantitative estimate of drug-likeness (QED) is 0.0485. The number of ether oxygens (including phenoxy) is 2. The van der Waals surface area contributed by atoms with Crippen LogP contribution in [-0.2, 0) is 25.3 Å². The number of halogens is 3. The molecule has 1 aliphatic carbocycles. The van der Waals surface area contributed by atoms with Gasteiger partial charge in [-0.3, -0.25) is 4.79 Å². The van der Waals surface area contributed by atoms with E-state index in [1.165, 1.54) is 31.7 Å². The molecule has 1 aliphatic rings. The van der Waals surface area contributed by atoms with Crippen LogP contribution in [-0.4, -0.2) is 50.3 Å². The van der Waals surface area contributed by atoms with Crippen LogP contribution in [0.25, 0.3) is 0 Å². The van der Waals surface area contributed by atoms with Gasteiger partial charge in [-0.1, -0.05) is 43.2 Å². The number of nitrogens with one attached hydrogen (secondary N) is 1. The molecule has 1 saturated carbocycles. The molecule has 1 aromatic rings. The first-order valence-electron chi connectivity index (χ1n) is 14.7. The Hall–Kier alpha value is -3.41. The highest BCUT2D eigenvalue weighted by atomic mass is 19.4. The highest BCUT2D eigenvalue weighted by Crippen LogP contribution is 2.31. The summed E-state index contributed by atoms with van der Waals surface area (Å²) < 4.78 is 47.8. The number of hydrogen-bond acceptors (Lipinski definition) is 8. The maximum atomic E-state index is 12.5. The number of likely N-dealkylation sites (N-methyl/N-ethyl adjacent to an activating group) is 1. The van der Waals surface area contributed by atoms with E-state index in [0.29, 0.717) is 31.8 Å². The van der Waals surface area contributed by atoms with Gasteiger partial charge in [-0.2, -0.15) is 13.2 Å². The maximum Gasteiger partial charge on any atom is 0.416 e. The van der Waals surface area contributed by atoms with Crippen LogP contribution in [0.3, 0.4) is 0 Å². The number of alkyl halides is 3. The van der Waals surface area contributed by atoms with Crippen molar-refractivity contribution < 1.29 is 42.2 Å². The van der Waals surface area contributed by atoms with Crippen molar-refractivity contribution in [2.24, 2.45) is 5.92 Å². The van der Waals surface area contributed by atoms with Crippen LogP contribution < -0.4 is 10.1 Å². The Kier molecular flexibility index (Phi) is 23.1. The number of rotatable bonds is 17. The molecule has 0 amide bonds. The summed E-state index contributed by atoms with van der Waals surface area (Å²) in [5.74, 6) is 0.630. The standard InChI is InChI=1S/C16H19F3O.C8H16N2O5.C7H12O/c17-16(18,19)14-9-5-10-15(12-14)20-11-4-3-8-13-6-1-2-7-13;1-7(9-2)8(11)14-5-3-4-6-15-10(12)13;1-2-3-4-5-6-7-8/h3,5,8-10,12-13H,1-2,4,6-7,11H2;7,9H,3-6H2,1-2H3;2-3,7H,4-6H2,1H3/b8-3+;;3-2-. The van der Waals surface area contributed by atoms with Crippen LogP contribution in [0, 0.1) is 16.0 Å². The molecular weight excluding hydrogens is 569 g/mol. The van der Waals surface area contributed by atoms with Crippen molar-refractivity contribution in [2.45, 2.75) is 90.3 Å². The Morgan fingerprint density at radius 1 is 1.09 bits per heavy atom. The molecule has 12 heteroatoms. The first-order chi connectivity index (χ1) is 20.5. The second kappa shape index (κ2) is 25.1. The van der Waals surface area contributed by atoms with Crippen LogP contribution >= 0.6 is 0 Å². The lowest BCUT2D eigenvalue weighted by Gasteiger charge is -2.09. The number of unbranched alkanes of at least 4 members (excludes halogenated alkanes) is 3. The Balaban J connectivity index is 0.000000677. The van der Waals surface area contributed by atoms with E-state index in [1.807, 2.05) is 13.0 Å². The van der Waals surface area contributed by atoms with E-state index in [4.69, 9.17) is 9.47 Å². The fourth-order valence-corrected chi connectivity index (χ4v) is 3.69. The monoisotopic (exact) mass is 616 g/mol. The minimum atomic E-state index is -4.32. The number of allylic oxidation sites excluding steroid dienone is 3. The molecule has 1 fully saturated rings. The van der Waals surface area contributed by atoms with Crippen LogP contribution in [0.15, 0.2) is 48.6 Å². The number of aldehydes is 1. The number of carbonyl (C=O) groups is 2. The minimum absolute atomic E-state index is 0.0339. The molecule has 43 heavy (non-hydrogen) atoms. The van der Waals surface area contributed by atoms with Gasteiger partial charge < -0.3 is 24.4 Å². The summed E-state index contributed by atoms with van der Waals surface area (Å²) >= 11 is 0. The topological polar surface area (TPSA) is 117 Å². The Morgan fingerprint density at radius 3 is 2.40 bits per heavy atom. The summed E-state index contributed by atoms with van der Waals surface area (Å²) in [6.07, 6.45) is 14.6. The highest BCUT2D eigenvalue weighted by Gasteiger charge is 2.30. The lowest BCUT2D eigenvalue weighted by Crippen LogP contribution is -2.32. The van der Waals surface area contributed by atoms with Gasteiger partial charge in [-0.25, -0.2) is 0 Å². The highest BCUT2D eigenvalue weighted by molar-refractivity contribution is 5.75. The van der Waals surface area contributed by atoms with Gasteiger partial charge in [0.2, 0.25) is 0 Å². The van der Waals surface area contributed by atoms with Gasteiger partial charge in [0.25, 0.3) is 5.09 Å². The summed E-state index contributed by atoms with van der Waals surface area (Å²) in [5, 5.41) is 11.7. The molecule has 0 bridgehead atoms. The molecule has 244 valence electrons. The zero-order valence-electron chi connectivity index (χ0n) is 25.5. The van der Waals surface area contributed by atoms with Gasteiger partial charge in [0, 0.05) is 6.42 Å². The van der Waals surface area contributed by atoms with Crippen LogP contribution in [0.5, 0.6) is 5.75 Å². The largest absolute Gasteiger partial charge is 0.493 e. The molecule has 0 spiro atoms. The van der Waals surface area contributed by atoms with E-state index in [-0.39, 0.29) is 31.0 Å². The lowest BCUT2D eigenvalue weighted by molar-refractivity contribution is -0.757. The van der Waals surface area contributed by atoms with Crippen LogP contribution in [0.4, 0.5) is 13.2 Å². The predicted molar refractivity (Wildman–Crippen MR) is 159 cm³/mol. The number of hydrogen-bond donors (Lipinski definition) is 1. The first-order valence-corrected chi connectivity index (χ1v) is 14.7. The van der Waals surface area contributed by atoms with Gasteiger partial charge in [0.15, 0.2) is 0 Å². The molecule has 2 rings (SSSR count).